The van der Waals surface area contributed by atoms with Gasteiger partial charge in [-0.1, -0.05) is 31.9 Å². The van der Waals surface area contributed by atoms with E-state index in [1.54, 1.807) is 13.0 Å². The molecule has 1 amide bonds. The number of rotatable bonds is 6. The van der Waals surface area contributed by atoms with Crippen molar-refractivity contribution in [3.63, 3.8) is 0 Å². The van der Waals surface area contributed by atoms with Crippen LogP contribution in [0.25, 0.3) is 0 Å². The number of carbonyl (C=O) groups excluding carboxylic acids is 1. The van der Waals surface area contributed by atoms with E-state index in [2.05, 4.69) is 5.32 Å². The van der Waals surface area contributed by atoms with Crippen LogP contribution in [0.2, 0.25) is 4.34 Å². The number of hydrogen-bond donors (Lipinski definition) is 2. The zero-order chi connectivity index (χ0) is 13.8. The first-order valence-corrected chi connectivity index (χ1v) is 7.28. The van der Waals surface area contributed by atoms with Crippen LogP contribution in [0.3, 0.4) is 0 Å². The highest BCUT2D eigenvalue weighted by molar-refractivity contribution is 7.16. The Morgan fingerprint density at radius 1 is 1.61 bits per heavy atom. The summed E-state index contributed by atoms with van der Waals surface area (Å²) in [5.41, 5.74) is -0.864. The molecule has 5 heteroatoms. The number of aliphatic hydroxyl groups is 1. The SMILES string of the molecule is CC[C@@H](C)[C@@](C)(O)CNC(=O)Cc1ccc(Cl)s1. The molecule has 1 aromatic heterocycles. The maximum atomic E-state index is 11.7. The zero-order valence-electron chi connectivity index (χ0n) is 11.0. The molecule has 0 saturated carbocycles. The van der Waals surface area contributed by atoms with Crippen molar-refractivity contribution < 1.29 is 9.90 Å². The van der Waals surface area contributed by atoms with E-state index < -0.39 is 5.60 Å². The molecule has 0 saturated heterocycles. The number of hydrogen-bond acceptors (Lipinski definition) is 3. The first kappa shape index (κ1) is 15.5. The second-order valence-corrected chi connectivity index (χ2v) is 6.63. The summed E-state index contributed by atoms with van der Waals surface area (Å²) in [7, 11) is 0. The number of carbonyl (C=O) groups is 1. The molecule has 0 aromatic carbocycles. The van der Waals surface area contributed by atoms with Gasteiger partial charge in [-0.3, -0.25) is 4.79 Å². The fraction of sp³-hybridized carbons (Fsp3) is 0.615. The van der Waals surface area contributed by atoms with Crippen molar-refractivity contribution >= 4 is 28.8 Å². The van der Waals surface area contributed by atoms with E-state index in [0.29, 0.717) is 10.8 Å². The van der Waals surface area contributed by atoms with E-state index >= 15 is 0 Å². The van der Waals surface area contributed by atoms with Crippen molar-refractivity contribution in [2.75, 3.05) is 6.54 Å². The van der Waals surface area contributed by atoms with Crippen molar-refractivity contribution in [3.05, 3.63) is 21.3 Å². The van der Waals surface area contributed by atoms with Gasteiger partial charge >= 0.3 is 0 Å². The van der Waals surface area contributed by atoms with E-state index in [9.17, 15) is 9.90 Å². The van der Waals surface area contributed by atoms with Gasteiger partial charge in [0.15, 0.2) is 0 Å². The average Bonchev–Trinajstić information content (AvgIpc) is 2.71. The first-order chi connectivity index (χ1) is 8.35. The third-order valence-corrected chi connectivity index (χ3v) is 4.51. The molecule has 2 N–H and O–H groups in total. The highest BCUT2D eigenvalue weighted by atomic mass is 35.5. The van der Waals surface area contributed by atoms with Crippen LogP contribution in [0, 0.1) is 5.92 Å². The molecule has 0 bridgehead atoms. The smallest absolute Gasteiger partial charge is 0.225 e. The van der Waals surface area contributed by atoms with E-state index in [1.165, 1.54) is 11.3 Å². The summed E-state index contributed by atoms with van der Waals surface area (Å²) in [4.78, 5) is 12.7. The third kappa shape index (κ3) is 4.59. The van der Waals surface area contributed by atoms with E-state index in [0.717, 1.165) is 11.3 Å². The second kappa shape index (κ2) is 6.55. The highest BCUT2D eigenvalue weighted by Crippen LogP contribution is 2.22. The molecule has 1 heterocycles. The molecular formula is C13H20ClNO2S. The Labute approximate surface area is 117 Å². The largest absolute Gasteiger partial charge is 0.388 e. The summed E-state index contributed by atoms with van der Waals surface area (Å²) in [5.74, 6) is 0.0612. The van der Waals surface area contributed by atoms with Crippen LogP contribution in [0.1, 0.15) is 32.1 Å². The normalized spacial score (nSPS) is 16.1. The van der Waals surface area contributed by atoms with Crippen molar-refractivity contribution in [1.82, 2.24) is 5.32 Å². The Bertz CT molecular complexity index is 403. The van der Waals surface area contributed by atoms with E-state index in [4.69, 9.17) is 11.6 Å². The third-order valence-electron chi connectivity index (χ3n) is 3.28. The van der Waals surface area contributed by atoms with Gasteiger partial charge in [-0.15, -0.1) is 11.3 Å². The molecule has 1 rings (SSSR count). The van der Waals surface area contributed by atoms with Crippen LogP contribution in [0.5, 0.6) is 0 Å². The number of amides is 1. The number of halogens is 1. The molecule has 0 radical (unpaired) electrons. The van der Waals surface area contributed by atoms with Crippen LogP contribution >= 0.6 is 22.9 Å². The molecule has 3 nitrogen and oxygen atoms in total. The Kier molecular flexibility index (Phi) is 5.63. The van der Waals surface area contributed by atoms with Crippen LogP contribution in [-0.4, -0.2) is 23.2 Å². The molecule has 0 aliphatic carbocycles. The molecule has 0 unspecified atom stereocenters. The first-order valence-electron chi connectivity index (χ1n) is 6.08. The molecule has 2 atom stereocenters. The summed E-state index contributed by atoms with van der Waals surface area (Å²) in [5, 5.41) is 12.9. The number of nitrogens with one attached hydrogen (secondary N) is 1. The van der Waals surface area contributed by atoms with Crippen molar-refractivity contribution in [1.29, 1.82) is 0 Å². The standard InChI is InChI=1S/C13H20ClNO2S/c1-4-9(2)13(3,17)8-15-12(16)7-10-5-6-11(14)18-10/h5-6,9,17H,4,7-8H2,1-3H3,(H,15,16)/t9-,13+/m1/s1. The molecule has 1 aromatic rings. The summed E-state index contributed by atoms with van der Waals surface area (Å²) >= 11 is 7.20. The minimum Gasteiger partial charge on any atom is -0.388 e. The summed E-state index contributed by atoms with van der Waals surface area (Å²) in [6.07, 6.45) is 1.19. The lowest BCUT2D eigenvalue weighted by Gasteiger charge is -2.29. The molecule has 0 spiro atoms. The quantitative estimate of drug-likeness (QED) is 0.846. The van der Waals surface area contributed by atoms with Gasteiger partial charge in [0.05, 0.1) is 16.4 Å². The van der Waals surface area contributed by atoms with Gasteiger partial charge in [0, 0.05) is 11.4 Å². The fourth-order valence-electron chi connectivity index (χ4n) is 1.56. The minimum absolute atomic E-state index is 0.0860. The van der Waals surface area contributed by atoms with E-state index in [1.807, 2.05) is 19.9 Å². The van der Waals surface area contributed by atoms with Gasteiger partial charge in [0.1, 0.15) is 0 Å². The lowest BCUT2D eigenvalue weighted by Crippen LogP contribution is -2.45. The fourth-order valence-corrected chi connectivity index (χ4v) is 2.65. The van der Waals surface area contributed by atoms with Gasteiger partial charge in [0.2, 0.25) is 5.91 Å². The zero-order valence-corrected chi connectivity index (χ0v) is 12.6. The van der Waals surface area contributed by atoms with Crippen LogP contribution in [0.4, 0.5) is 0 Å². The van der Waals surface area contributed by atoms with Crippen molar-refractivity contribution in [2.24, 2.45) is 5.92 Å². The minimum atomic E-state index is -0.864. The Balaban J connectivity index is 2.42. The monoisotopic (exact) mass is 289 g/mol. The van der Waals surface area contributed by atoms with Crippen LogP contribution < -0.4 is 5.32 Å². The Morgan fingerprint density at radius 3 is 2.78 bits per heavy atom. The van der Waals surface area contributed by atoms with Crippen molar-refractivity contribution in [3.8, 4) is 0 Å². The molecule has 0 aliphatic heterocycles. The maximum absolute atomic E-state index is 11.7. The average molecular weight is 290 g/mol. The lowest BCUT2D eigenvalue weighted by atomic mass is 9.88. The Morgan fingerprint density at radius 2 is 2.28 bits per heavy atom. The maximum Gasteiger partial charge on any atom is 0.225 e. The predicted octanol–water partition coefficient (Wildman–Crippen LogP) is 2.86. The second-order valence-electron chi connectivity index (χ2n) is 4.83. The van der Waals surface area contributed by atoms with Crippen molar-refractivity contribution in [2.45, 2.75) is 39.2 Å². The highest BCUT2D eigenvalue weighted by Gasteiger charge is 2.27. The van der Waals surface area contributed by atoms with Gasteiger partial charge in [-0.2, -0.15) is 0 Å². The topological polar surface area (TPSA) is 49.3 Å². The van der Waals surface area contributed by atoms with Gasteiger partial charge in [-0.05, 0) is 25.0 Å². The molecule has 102 valence electrons. The molecule has 0 fully saturated rings. The summed E-state index contributed by atoms with van der Waals surface area (Å²) in [6.45, 7) is 6.03. The van der Waals surface area contributed by atoms with Gasteiger partial charge in [-0.25, -0.2) is 0 Å². The van der Waals surface area contributed by atoms with Gasteiger partial charge in [0.25, 0.3) is 0 Å². The molecule has 18 heavy (non-hydrogen) atoms. The Hall–Kier alpha value is -0.580. The molecular weight excluding hydrogens is 270 g/mol. The number of thiophene rings is 1. The van der Waals surface area contributed by atoms with Crippen LogP contribution in [-0.2, 0) is 11.2 Å². The lowest BCUT2D eigenvalue weighted by molar-refractivity contribution is -0.122. The predicted molar refractivity (Wildman–Crippen MR) is 76.1 cm³/mol. The van der Waals surface area contributed by atoms with Crippen LogP contribution in [0.15, 0.2) is 12.1 Å². The summed E-state index contributed by atoms with van der Waals surface area (Å²) < 4.78 is 0.685. The summed E-state index contributed by atoms with van der Waals surface area (Å²) in [6, 6.07) is 3.63. The van der Waals surface area contributed by atoms with E-state index in [-0.39, 0.29) is 18.4 Å². The molecule has 0 aliphatic rings. The van der Waals surface area contributed by atoms with Gasteiger partial charge < -0.3 is 10.4 Å².